The molecule has 0 bridgehead atoms. The molecule has 2 aromatic rings. The van der Waals surface area contributed by atoms with Gasteiger partial charge in [0, 0.05) is 23.7 Å². The molecule has 0 saturated heterocycles. The average molecular weight is 419 g/mol. The quantitative estimate of drug-likeness (QED) is 0.602. The summed E-state index contributed by atoms with van der Waals surface area (Å²) in [5.74, 6) is -1.10. The lowest BCUT2D eigenvalue weighted by Crippen LogP contribution is -2.48. The Labute approximate surface area is 177 Å². The van der Waals surface area contributed by atoms with Crippen LogP contribution in [-0.2, 0) is 22.6 Å². The van der Waals surface area contributed by atoms with Crippen LogP contribution in [0.1, 0.15) is 43.4 Å². The number of nitrogens with zero attached hydrogens (tertiary/aromatic N) is 1. The van der Waals surface area contributed by atoms with Crippen molar-refractivity contribution in [1.29, 1.82) is 0 Å². The van der Waals surface area contributed by atoms with Crippen LogP contribution in [0.4, 0.5) is 4.39 Å². The molecule has 0 fully saturated rings. The fraction of sp³-hybridized carbons (Fsp3) is 0.391. The molecule has 2 amide bonds. The van der Waals surface area contributed by atoms with E-state index in [0.29, 0.717) is 6.54 Å². The van der Waals surface area contributed by atoms with Gasteiger partial charge in [0.25, 0.3) is 0 Å². The zero-order valence-electron chi connectivity index (χ0n) is 17.2. The summed E-state index contributed by atoms with van der Waals surface area (Å²) in [4.78, 5) is 27.2. The minimum absolute atomic E-state index is 0.145. The molecule has 2 rings (SSSR count). The van der Waals surface area contributed by atoms with Crippen LogP contribution in [0.25, 0.3) is 0 Å². The molecule has 0 aliphatic heterocycles. The summed E-state index contributed by atoms with van der Waals surface area (Å²) < 4.78 is 14.2. The first-order chi connectivity index (χ1) is 13.8. The molecule has 0 aliphatic rings. The van der Waals surface area contributed by atoms with Gasteiger partial charge in [0.2, 0.25) is 11.8 Å². The molecular weight excluding hydrogens is 391 g/mol. The van der Waals surface area contributed by atoms with Crippen molar-refractivity contribution >= 4 is 23.4 Å². The van der Waals surface area contributed by atoms with Crippen molar-refractivity contribution in [2.45, 2.75) is 52.6 Å². The first kappa shape index (κ1) is 22.9. The Morgan fingerprint density at radius 2 is 1.86 bits per heavy atom. The van der Waals surface area contributed by atoms with Gasteiger partial charge in [-0.2, -0.15) is 0 Å². The van der Waals surface area contributed by atoms with Crippen molar-refractivity contribution in [3.05, 3.63) is 70.0 Å². The molecule has 1 atom stereocenters. The maximum Gasteiger partial charge on any atom is 0.242 e. The smallest absolute Gasteiger partial charge is 0.242 e. The predicted molar refractivity (Wildman–Crippen MR) is 114 cm³/mol. The molecule has 29 heavy (non-hydrogen) atoms. The Balaban J connectivity index is 2.23. The average Bonchev–Trinajstić information content (AvgIpc) is 2.70. The van der Waals surface area contributed by atoms with Crippen LogP contribution >= 0.6 is 11.6 Å². The highest BCUT2D eigenvalue weighted by Gasteiger charge is 2.27. The molecule has 0 heterocycles. The van der Waals surface area contributed by atoms with Crippen molar-refractivity contribution in [3.8, 4) is 0 Å². The van der Waals surface area contributed by atoms with Crippen molar-refractivity contribution in [3.63, 3.8) is 0 Å². The van der Waals surface area contributed by atoms with E-state index in [0.717, 1.165) is 24.0 Å². The molecule has 0 spiro atoms. The van der Waals surface area contributed by atoms with E-state index in [4.69, 9.17) is 11.6 Å². The van der Waals surface area contributed by atoms with E-state index in [1.807, 2.05) is 38.1 Å². The van der Waals surface area contributed by atoms with Crippen LogP contribution in [0.15, 0.2) is 42.5 Å². The normalized spacial score (nSPS) is 11.8. The van der Waals surface area contributed by atoms with Gasteiger partial charge in [0.05, 0.1) is 6.42 Å². The van der Waals surface area contributed by atoms with Crippen LogP contribution < -0.4 is 5.32 Å². The van der Waals surface area contributed by atoms with E-state index in [-0.39, 0.29) is 35.4 Å². The van der Waals surface area contributed by atoms with E-state index >= 15 is 0 Å². The van der Waals surface area contributed by atoms with Gasteiger partial charge in [-0.15, -0.1) is 0 Å². The Kier molecular flexibility index (Phi) is 8.65. The minimum Gasteiger partial charge on any atom is -0.354 e. The van der Waals surface area contributed by atoms with Crippen molar-refractivity contribution in [2.75, 3.05) is 6.54 Å². The molecule has 2 aromatic carbocycles. The van der Waals surface area contributed by atoms with Crippen molar-refractivity contribution in [1.82, 2.24) is 10.2 Å². The van der Waals surface area contributed by atoms with Gasteiger partial charge in [-0.05, 0) is 38.0 Å². The van der Waals surface area contributed by atoms with Gasteiger partial charge >= 0.3 is 0 Å². The molecule has 156 valence electrons. The third kappa shape index (κ3) is 6.57. The Hall–Kier alpha value is -2.40. The van der Waals surface area contributed by atoms with E-state index in [1.54, 1.807) is 13.0 Å². The molecule has 0 unspecified atom stereocenters. The molecule has 6 heteroatoms. The fourth-order valence-corrected chi connectivity index (χ4v) is 3.19. The fourth-order valence-electron chi connectivity index (χ4n) is 2.96. The summed E-state index contributed by atoms with van der Waals surface area (Å²) >= 11 is 6.09. The van der Waals surface area contributed by atoms with E-state index in [9.17, 15) is 14.0 Å². The summed E-state index contributed by atoms with van der Waals surface area (Å²) in [5, 5.41) is 3.07. The Morgan fingerprint density at radius 1 is 1.17 bits per heavy atom. The third-order valence-corrected chi connectivity index (χ3v) is 5.21. The number of hydrogen-bond acceptors (Lipinski definition) is 2. The largest absolute Gasteiger partial charge is 0.354 e. The van der Waals surface area contributed by atoms with Gasteiger partial charge < -0.3 is 10.2 Å². The van der Waals surface area contributed by atoms with Crippen LogP contribution in [0.3, 0.4) is 0 Å². The second-order valence-corrected chi connectivity index (χ2v) is 7.61. The SMILES string of the molecule is CCCCNC(=O)[C@H](C)N(Cc1ccc(C)cc1)C(=O)Cc1c(F)cccc1Cl. The number of hydrogen-bond donors (Lipinski definition) is 1. The van der Waals surface area contributed by atoms with Gasteiger partial charge in [-0.25, -0.2) is 4.39 Å². The summed E-state index contributed by atoms with van der Waals surface area (Å²) in [6, 6.07) is 11.4. The lowest BCUT2D eigenvalue weighted by Gasteiger charge is -2.29. The van der Waals surface area contributed by atoms with Crippen LogP contribution in [0.2, 0.25) is 5.02 Å². The molecule has 0 radical (unpaired) electrons. The number of aryl methyl sites for hydroxylation is 1. The number of nitrogens with one attached hydrogen (secondary N) is 1. The number of unbranched alkanes of at least 4 members (excludes halogenated alkanes) is 1. The highest BCUT2D eigenvalue weighted by molar-refractivity contribution is 6.31. The summed E-state index contributed by atoms with van der Waals surface area (Å²) in [6.45, 7) is 6.53. The summed E-state index contributed by atoms with van der Waals surface area (Å²) in [5.41, 5.74) is 2.15. The van der Waals surface area contributed by atoms with E-state index < -0.39 is 11.9 Å². The molecule has 4 nitrogen and oxygen atoms in total. The van der Waals surface area contributed by atoms with E-state index in [1.165, 1.54) is 17.0 Å². The highest BCUT2D eigenvalue weighted by Crippen LogP contribution is 2.21. The number of carbonyl (C=O) groups is 2. The van der Waals surface area contributed by atoms with Crippen LogP contribution in [-0.4, -0.2) is 29.3 Å². The van der Waals surface area contributed by atoms with E-state index in [2.05, 4.69) is 5.32 Å². The lowest BCUT2D eigenvalue weighted by molar-refractivity contribution is -0.140. The predicted octanol–water partition coefficient (Wildman–Crippen LogP) is 4.66. The highest BCUT2D eigenvalue weighted by atomic mass is 35.5. The summed E-state index contributed by atoms with van der Waals surface area (Å²) in [7, 11) is 0. The van der Waals surface area contributed by atoms with Crippen LogP contribution in [0, 0.1) is 12.7 Å². The number of amides is 2. The van der Waals surface area contributed by atoms with Gasteiger partial charge in [-0.3, -0.25) is 9.59 Å². The second kappa shape index (κ2) is 11.0. The van der Waals surface area contributed by atoms with Crippen LogP contribution in [0.5, 0.6) is 0 Å². The molecule has 0 aromatic heterocycles. The maximum atomic E-state index is 14.2. The number of rotatable bonds is 9. The standard InChI is InChI=1S/C23H28ClFN2O2/c1-4-5-13-26-23(29)17(3)27(15-18-11-9-16(2)10-12-18)22(28)14-19-20(24)7-6-8-21(19)25/h6-12,17H,4-5,13-15H2,1-3H3,(H,26,29)/t17-/m0/s1. The number of halogens is 2. The van der Waals surface area contributed by atoms with Gasteiger partial charge in [0.1, 0.15) is 11.9 Å². The zero-order valence-corrected chi connectivity index (χ0v) is 17.9. The monoisotopic (exact) mass is 418 g/mol. The third-order valence-electron chi connectivity index (χ3n) is 4.86. The number of benzene rings is 2. The molecule has 0 aliphatic carbocycles. The zero-order chi connectivity index (χ0) is 21.4. The minimum atomic E-state index is -0.689. The molecule has 1 N–H and O–H groups in total. The van der Waals surface area contributed by atoms with Gasteiger partial charge in [0.15, 0.2) is 0 Å². The Morgan fingerprint density at radius 3 is 2.48 bits per heavy atom. The maximum absolute atomic E-state index is 14.2. The topological polar surface area (TPSA) is 49.4 Å². The van der Waals surface area contributed by atoms with Crippen molar-refractivity contribution in [2.24, 2.45) is 0 Å². The summed E-state index contributed by atoms with van der Waals surface area (Å²) in [6.07, 6.45) is 1.63. The van der Waals surface area contributed by atoms with Gasteiger partial charge in [-0.1, -0.05) is 60.8 Å². The first-order valence-electron chi connectivity index (χ1n) is 9.89. The van der Waals surface area contributed by atoms with Crippen molar-refractivity contribution < 1.29 is 14.0 Å². The Bertz CT molecular complexity index is 819. The first-order valence-corrected chi connectivity index (χ1v) is 10.3. The second-order valence-electron chi connectivity index (χ2n) is 7.20. The molecule has 0 saturated carbocycles. The lowest BCUT2D eigenvalue weighted by atomic mass is 10.1. The number of carbonyl (C=O) groups excluding carboxylic acids is 2. The molecular formula is C23H28ClFN2O2.